The average molecular weight is 336 g/mol. The van der Waals surface area contributed by atoms with E-state index in [1.165, 1.54) is 24.3 Å². The van der Waals surface area contributed by atoms with Crippen molar-refractivity contribution < 1.29 is 24.4 Å². The predicted octanol–water partition coefficient (Wildman–Crippen LogP) is -0.663. The summed E-state index contributed by atoms with van der Waals surface area (Å²) in [5.74, 6) is -2.17. The summed E-state index contributed by atoms with van der Waals surface area (Å²) in [7, 11) is 0. The van der Waals surface area contributed by atoms with Gasteiger partial charge in [0, 0.05) is 36.7 Å². The average Bonchev–Trinajstić information content (AvgIpc) is 2.98. The monoisotopic (exact) mass is 336 g/mol. The second-order valence-corrected chi connectivity index (χ2v) is 5.31. The predicted molar refractivity (Wildman–Crippen MR) is 81.2 cm³/mol. The number of carbonyl (C=O) groups is 3. The van der Waals surface area contributed by atoms with Gasteiger partial charge in [-0.2, -0.15) is 0 Å². The number of aliphatic carboxylic acids is 1. The maximum atomic E-state index is 12.1. The largest absolute Gasteiger partial charge is 0.480 e. The molecule has 1 aromatic carbocycles. The summed E-state index contributed by atoms with van der Waals surface area (Å²) in [5.41, 5.74) is 5.33. The lowest BCUT2D eigenvalue weighted by Crippen LogP contribution is -2.44. The number of likely N-dealkylation sites (tertiary alicyclic amines) is 1. The van der Waals surface area contributed by atoms with Crippen LogP contribution in [0.4, 0.5) is 5.69 Å². The van der Waals surface area contributed by atoms with E-state index in [0.717, 1.165) is 4.90 Å². The molecule has 0 spiro atoms. The zero-order chi connectivity index (χ0) is 17.9. The second kappa shape index (κ2) is 7.04. The molecule has 0 bridgehead atoms. The molecule has 0 saturated carbocycles. The third-order valence-electron chi connectivity index (χ3n) is 3.76. The maximum Gasteiger partial charge on any atom is 0.326 e. The van der Waals surface area contributed by atoms with Crippen LogP contribution < -0.4 is 11.1 Å². The summed E-state index contributed by atoms with van der Waals surface area (Å²) < 4.78 is 0. The van der Waals surface area contributed by atoms with E-state index in [2.05, 4.69) is 5.32 Å². The fraction of sp³-hybridized carbons (Fsp3) is 0.357. The molecule has 10 heteroatoms. The standard InChI is InChI=1S/C14H16N4O6/c15-6-12(19)17-7-9(5-11(17)14(21)22)16-13(20)8-1-3-10(4-2-8)18(23)24/h1-4,9,11H,5-7,15H2,(H,16,20)(H,21,22). The zero-order valence-electron chi connectivity index (χ0n) is 12.5. The quantitative estimate of drug-likeness (QED) is 0.476. The van der Waals surface area contributed by atoms with Gasteiger partial charge < -0.3 is 21.1 Å². The van der Waals surface area contributed by atoms with E-state index in [-0.39, 0.29) is 30.8 Å². The lowest BCUT2D eigenvalue weighted by molar-refractivity contribution is -0.384. The molecule has 0 radical (unpaired) electrons. The Balaban J connectivity index is 2.05. The van der Waals surface area contributed by atoms with Crippen molar-refractivity contribution in [2.45, 2.75) is 18.5 Å². The summed E-state index contributed by atoms with van der Waals surface area (Å²) in [6, 6.07) is 3.44. The van der Waals surface area contributed by atoms with Gasteiger partial charge in [-0.05, 0) is 12.1 Å². The van der Waals surface area contributed by atoms with Gasteiger partial charge in [-0.1, -0.05) is 0 Å². The summed E-state index contributed by atoms with van der Waals surface area (Å²) in [6.45, 7) is -0.265. The molecule has 0 aliphatic carbocycles. The van der Waals surface area contributed by atoms with Gasteiger partial charge >= 0.3 is 5.97 Å². The number of benzene rings is 1. The molecule has 1 heterocycles. The van der Waals surface area contributed by atoms with Crippen LogP contribution in [0, 0.1) is 10.1 Å². The Bertz CT molecular complexity index is 674. The number of nitrogens with two attached hydrogens (primary N) is 1. The molecule has 2 unspecified atom stereocenters. The van der Waals surface area contributed by atoms with Crippen LogP contribution in [0.3, 0.4) is 0 Å². The first-order valence-electron chi connectivity index (χ1n) is 7.11. The maximum absolute atomic E-state index is 12.1. The van der Waals surface area contributed by atoms with Crippen molar-refractivity contribution in [2.75, 3.05) is 13.1 Å². The number of nitro groups is 1. The number of non-ortho nitro benzene ring substituents is 1. The molecule has 2 atom stereocenters. The molecule has 24 heavy (non-hydrogen) atoms. The van der Waals surface area contributed by atoms with Crippen molar-refractivity contribution in [1.29, 1.82) is 0 Å². The van der Waals surface area contributed by atoms with Gasteiger partial charge in [-0.3, -0.25) is 19.7 Å². The lowest BCUT2D eigenvalue weighted by atomic mass is 10.1. The van der Waals surface area contributed by atoms with Crippen molar-refractivity contribution in [3.05, 3.63) is 39.9 Å². The van der Waals surface area contributed by atoms with E-state index in [9.17, 15) is 24.5 Å². The number of amides is 2. The van der Waals surface area contributed by atoms with E-state index < -0.39 is 34.8 Å². The summed E-state index contributed by atoms with van der Waals surface area (Å²) >= 11 is 0. The third-order valence-corrected chi connectivity index (χ3v) is 3.76. The van der Waals surface area contributed by atoms with Gasteiger partial charge in [0.25, 0.3) is 11.6 Å². The first-order chi connectivity index (χ1) is 11.3. The minimum atomic E-state index is -1.16. The van der Waals surface area contributed by atoms with Gasteiger partial charge in [0.2, 0.25) is 5.91 Å². The van der Waals surface area contributed by atoms with E-state index in [1.54, 1.807) is 0 Å². The van der Waals surface area contributed by atoms with Gasteiger partial charge in [0.05, 0.1) is 11.5 Å². The normalized spacial score (nSPS) is 19.8. The molecule has 1 aliphatic heterocycles. The number of rotatable bonds is 5. The van der Waals surface area contributed by atoms with Crippen LogP contribution in [0.15, 0.2) is 24.3 Å². The molecule has 2 rings (SSSR count). The van der Waals surface area contributed by atoms with Gasteiger partial charge in [0.1, 0.15) is 6.04 Å². The number of nitrogens with zero attached hydrogens (tertiary/aromatic N) is 2. The van der Waals surface area contributed by atoms with Gasteiger partial charge in [-0.15, -0.1) is 0 Å². The Hall–Kier alpha value is -3.01. The highest BCUT2D eigenvalue weighted by atomic mass is 16.6. The molecule has 1 aliphatic rings. The number of carboxylic acids is 1. The van der Waals surface area contributed by atoms with Crippen LogP contribution in [0.1, 0.15) is 16.8 Å². The lowest BCUT2D eigenvalue weighted by Gasteiger charge is -2.20. The van der Waals surface area contributed by atoms with Crippen molar-refractivity contribution in [3.8, 4) is 0 Å². The van der Waals surface area contributed by atoms with Crippen LogP contribution in [-0.2, 0) is 9.59 Å². The van der Waals surface area contributed by atoms with Gasteiger partial charge in [-0.25, -0.2) is 4.79 Å². The van der Waals surface area contributed by atoms with E-state index in [4.69, 9.17) is 10.8 Å². The SMILES string of the molecule is NCC(=O)N1CC(NC(=O)c2ccc([N+](=O)[O-])cc2)CC1C(=O)O. The summed E-state index contributed by atoms with van der Waals surface area (Å²) in [4.78, 5) is 46.2. The Morgan fingerprint density at radius 1 is 1.33 bits per heavy atom. The topological polar surface area (TPSA) is 156 Å². The van der Waals surface area contributed by atoms with Crippen LogP contribution in [0.25, 0.3) is 0 Å². The highest BCUT2D eigenvalue weighted by molar-refractivity contribution is 5.95. The van der Waals surface area contributed by atoms with E-state index >= 15 is 0 Å². The first kappa shape index (κ1) is 17.3. The number of carbonyl (C=O) groups excluding carboxylic acids is 2. The van der Waals surface area contributed by atoms with E-state index in [0.29, 0.717) is 0 Å². The number of nitro benzene ring substituents is 1. The zero-order valence-corrected chi connectivity index (χ0v) is 12.5. The van der Waals surface area contributed by atoms with Crippen LogP contribution in [0.2, 0.25) is 0 Å². The van der Waals surface area contributed by atoms with Crippen molar-refractivity contribution in [3.63, 3.8) is 0 Å². The molecule has 10 nitrogen and oxygen atoms in total. The van der Waals surface area contributed by atoms with Crippen LogP contribution in [0.5, 0.6) is 0 Å². The van der Waals surface area contributed by atoms with Crippen molar-refractivity contribution in [1.82, 2.24) is 10.2 Å². The second-order valence-electron chi connectivity index (χ2n) is 5.31. The Morgan fingerprint density at radius 3 is 2.46 bits per heavy atom. The fourth-order valence-corrected chi connectivity index (χ4v) is 2.57. The van der Waals surface area contributed by atoms with Crippen molar-refractivity contribution >= 4 is 23.5 Å². The van der Waals surface area contributed by atoms with Crippen LogP contribution in [-0.4, -0.2) is 57.9 Å². The molecule has 4 N–H and O–H groups in total. The number of hydrogen-bond donors (Lipinski definition) is 3. The molecule has 1 saturated heterocycles. The minimum Gasteiger partial charge on any atom is -0.480 e. The Labute approximate surface area is 136 Å². The van der Waals surface area contributed by atoms with E-state index in [1.807, 2.05) is 0 Å². The smallest absolute Gasteiger partial charge is 0.326 e. The highest BCUT2D eigenvalue weighted by Crippen LogP contribution is 2.19. The molecule has 1 fully saturated rings. The van der Waals surface area contributed by atoms with Crippen LogP contribution >= 0.6 is 0 Å². The molecule has 0 aromatic heterocycles. The number of hydrogen-bond acceptors (Lipinski definition) is 6. The molecular formula is C14H16N4O6. The minimum absolute atomic E-state index is 0.0473. The molecule has 1 aromatic rings. The molecule has 128 valence electrons. The Morgan fingerprint density at radius 2 is 1.96 bits per heavy atom. The molecule has 2 amide bonds. The summed E-state index contributed by atoms with van der Waals surface area (Å²) in [5, 5.41) is 22.4. The highest BCUT2D eigenvalue weighted by Gasteiger charge is 2.39. The number of nitrogens with one attached hydrogen (secondary N) is 1. The molecular weight excluding hydrogens is 320 g/mol. The van der Waals surface area contributed by atoms with Gasteiger partial charge in [0.15, 0.2) is 0 Å². The third kappa shape index (κ3) is 3.66. The summed E-state index contributed by atoms with van der Waals surface area (Å²) in [6.07, 6.45) is 0.0692. The first-order valence-corrected chi connectivity index (χ1v) is 7.11. The fourth-order valence-electron chi connectivity index (χ4n) is 2.57. The van der Waals surface area contributed by atoms with Crippen molar-refractivity contribution in [2.24, 2.45) is 5.73 Å². The Kier molecular flexibility index (Phi) is 5.09. The number of carboxylic acid groups (broad SMARTS) is 1.